The van der Waals surface area contributed by atoms with Gasteiger partial charge in [0.05, 0.1) is 15.2 Å². The van der Waals surface area contributed by atoms with Gasteiger partial charge in [-0.3, -0.25) is 4.79 Å². The second kappa shape index (κ2) is 5.52. The van der Waals surface area contributed by atoms with Crippen molar-refractivity contribution in [2.24, 2.45) is 0 Å². The Hall–Kier alpha value is -0.0500. The van der Waals surface area contributed by atoms with Crippen LogP contribution >= 0.6 is 43.2 Å². The zero-order chi connectivity index (χ0) is 12.3. The van der Waals surface area contributed by atoms with Crippen LogP contribution in [0.25, 0.3) is 0 Å². The van der Waals surface area contributed by atoms with Crippen LogP contribution in [0.1, 0.15) is 9.67 Å². The number of alkyl halides is 2. The molecular weight excluding hydrogens is 372 g/mol. The molecule has 90 valence electrons. The summed E-state index contributed by atoms with van der Waals surface area (Å²) >= 11 is 7.51. The molecule has 0 fully saturated rings. The molecule has 0 spiro atoms. The lowest BCUT2D eigenvalue weighted by atomic mass is 10.3. The predicted molar refractivity (Wildman–Crippen MR) is 64.1 cm³/mol. The van der Waals surface area contributed by atoms with Crippen molar-refractivity contribution < 1.29 is 18.7 Å². The lowest BCUT2D eigenvalue weighted by Crippen LogP contribution is -2.38. The molecule has 0 saturated heterocycles. The van der Waals surface area contributed by atoms with Gasteiger partial charge in [0.2, 0.25) is 0 Å². The van der Waals surface area contributed by atoms with Gasteiger partial charge in [-0.1, -0.05) is 0 Å². The summed E-state index contributed by atoms with van der Waals surface area (Å²) in [5.41, 5.74) is 0. The SMILES string of the molecule is O=C(NCC(F)(F)CO)c1cc(Br)c(Br)s1. The minimum absolute atomic E-state index is 0.312. The Labute approximate surface area is 111 Å². The van der Waals surface area contributed by atoms with Crippen LogP contribution < -0.4 is 5.32 Å². The van der Waals surface area contributed by atoms with E-state index >= 15 is 0 Å². The summed E-state index contributed by atoms with van der Waals surface area (Å²) in [6.07, 6.45) is 0. The summed E-state index contributed by atoms with van der Waals surface area (Å²) in [5, 5.41) is 10.4. The van der Waals surface area contributed by atoms with E-state index in [1.165, 1.54) is 6.07 Å². The molecule has 8 heteroatoms. The summed E-state index contributed by atoms with van der Waals surface area (Å²) in [5.74, 6) is -3.88. The Kier molecular flexibility index (Phi) is 4.84. The second-order valence-electron chi connectivity index (χ2n) is 2.93. The number of hydrogen-bond donors (Lipinski definition) is 2. The van der Waals surface area contributed by atoms with Crippen LogP contribution in [0.15, 0.2) is 14.3 Å². The topological polar surface area (TPSA) is 49.3 Å². The molecule has 0 bridgehead atoms. The van der Waals surface area contributed by atoms with Crippen LogP contribution in [0.3, 0.4) is 0 Å². The van der Waals surface area contributed by atoms with Crippen molar-refractivity contribution in [3.05, 3.63) is 19.2 Å². The lowest BCUT2D eigenvalue weighted by molar-refractivity contribution is -0.0461. The third-order valence-electron chi connectivity index (χ3n) is 1.61. The Morgan fingerprint density at radius 2 is 2.19 bits per heavy atom. The quantitative estimate of drug-likeness (QED) is 0.846. The van der Waals surface area contributed by atoms with Crippen molar-refractivity contribution in [3.8, 4) is 0 Å². The van der Waals surface area contributed by atoms with Crippen LogP contribution in [0.4, 0.5) is 8.78 Å². The number of amides is 1. The molecule has 1 heterocycles. The molecule has 1 amide bonds. The Morgan fingerprint density at radius 3 is 2.62 bits per heavy atom. The van der Waals surface area contributed by atoms with Gasteiger partial charge >= 0.3 is 0 Å². The van der Waals surface area contributed by atoms with Gasteiger partial charge in [-0.05, 0) is 37.9 Å². The number of carbonyl (C=O) groups excluding carboxylic acids is 1. The van der Waals surface area contributed by atoms with Gasteiger partial charge in [-0.25, -0.2) is 8.78 Å². The van der Waals surface area contributed by atoms with Gasteiger partial charge < -0.3 is 10.4 Å². The third kappa shape index (κ3) is 3.76. The maximum atomic E-state index is 12.6. The summed E-state index contributed by atoms with van der Waals surface area (Å²) in [6, 6.07) is 1.53. The molecule has 1 rings (SSSR count). The fourth-order valence-corrected chi connectivity index (χ4v) is 2.76. The summed E-state index contributed by atoms with van der Waals surface area (Å²) < 4.78 is 26.7. The van der Waals surface area contributed by atoms with Crippen molar-refractivity contribution >= 4 is 49.1 Å². The molecule has 0 radical (unpaired) electrons. The van der Waals surface area contributed by atoms with Crippen LogP contribution in [-0.4, -0.2) is 30.1 Å². The van der Waals surface area contributed by atoms with E-state index in [9.17, 15) is 13.6 Å². The van der Waals surface area contributed by atoms with Gasteiger partial charge in [0.25, 0.3) is 11.8 Å². The second-order valence-corrected chi connectivity index (χ2v) is 6.15. The highest BCUT2D eigenvalue weighted by Crippen LogP contribution is 2.32. The molecule has 0 aliphatic rings. The van der Waals surface area contributed by atoms with Gasteiger partial charge in [-0.15, -0.1) is 11.3 Å². The molecule has 2 N–H and O–H groups in total. The van der Waals surface area contributed by atoms with E-state index in [4.69, 9.17) is 5.11 Å². The van der Waals surface area contributed by atoms with Gasteiger partial charge in [0.1, 0.15) is 6.61 Å². The first-order valence-corrected chi connectivity index (χ1v) is 6.48. The van der Waals surface area contributed by atoms with Crippen molar-refractivity contribution in [3.63, 3.8) is 0 Å². The minimum Gasteiger partial charge on any atom is -0.390 e. The highest BCUT2D eigenvalue weighted by atomic mass is 79.9. The van der Waals surface area contributed by atoms with E-state index in [1.54, 1.807) is 0 Å². The molecule has 16 heavy (non-hydrogen) atoms. The standard InChI is InChI=1S/C8H7Br2F2NO2S/c9-4-1-5(16-6(4)10)7(15)13-2-8(11,12)3-14/h1,14H,2-3H2,(H,13,15). The summed E-state index contributed by atoms with van der Waals surface area (Å²) in [7, 11) is 0. The average molecular weight is 379 g/mol. The smallest absolute Gasteiger partial charge is 0.287 e. The largest absolute Gasteiger partial charge is 0.390 e. The summed E-state index contributed by atoms with van der Waals surface area (Å²) in [6.45, 7) is -2.17. The maximum absolute atomic E-state index is 12.6. The number of carbonyl (C=O) groups is 1. The van der Waals surface area contributed by atoms with Crippen molar-refractivity contribution in [1.29, 1.82) is 0 Å². The zero-order valence-corrected chi connectivity index (χ0v) is 11.8. The van der Waals surface area contributed by atoms with Crippen LogP contribution in [0, 0.1) is 0 Å². The number of rotatable bonds is 4. The first kappa shape index (κ1) is 14.0. The van der Waals surface area contributed by atoms with Crippen molar-refractivity contribution in [2.75, 3.05) is 13.2 Å². The number of aliphatic hydroxyl groups is 1. The molecule has 0 atom stereocenters. The van der Waals surface area contributed by atoms with E-state index in [1.807, 2.05) is 0 Å². The molecule has 1 aromatic heterocycles. The number of halogens is 4. The van der Waals surface area contributed by atoms with Crippen LogP contribution in [0.5, 0.6) is 0 Å². The third-order valence-corrected chi connectivity index (χ3v) is 4.86. The molecule has 0 aromatic carbocycles. The molecule has 1 aromatic rings. The molecule has 0 aliphatic heterocycles. The molecule has 0 saturated carbocycles. The fraction of sp³-hybridized carbons (Fsp3) is 0.375. The molecular formula is C8H7Br2F2NO2S. The van der Waals surface area contributed by atoms with E-state index in [2.05, 4.69) is 37.2 Å². The lowest BCUT2D eigenvalue weighted by Gasteiger charge is -2.13. The number of nitrogens with one attached hydrogen (secondary N) is 1. The first-order chi connectivity index (χ1) is 7.35. The fourth-order valence-electron chi connectivity index (χ4n) is 0.811. The monoisotopic (exact) mass is 377 g/mol. The van der Waals surface area contributed by atoms with Crippen LogP contribution in [0.2, 0.25) is 0 Å². The molecule has 3 nitrogen and oxygen atoms in total. The highest BCUT2D eigenvalue weighted by molar-refractivity contribution is 9.13. The Morgan fingerprint density at radius 1 is 1.56 bits per heavy atom. The number of hydrogen-bond acceptors (Lipinski definition) is 3. The minimum atomic E-state index is -3.29. The van der Waals surface area contributed by atoms with E-state index in [0.29, 0.717) is 13.1 Å². The molecule has 0 unspecified atom stereocenters. The average Bonchev–Trinajstić information content (AvgIpc) is 2.56. The Bertz CT molecular complexity index is 378. The van der Waals surface area contributed by atoms with Gasteiger partial charge in [0.15, 0.2) is 0 Å². The number of aliphatic hydroxyl groups excluding tert-OH is 1. The Balaban J connectivity index is 2.60. The normalized spacial score (nSPS) is 11.6. The van der Waals surface area contributed by atoms with Crippen LogP contribution in [-0.2, 0) is 0 Å². The van der Waals surface area contributed by atoms with E-state index < -0.39 is 25.0 Å². The molecule has 0 aliphatic carbocycles. The van der Waals surface area contributed by atoms with Crippen molar-refractivity contribution in [1.82, 2.24) is 5.32 Å². The maximum Gasteiger partial charge on any atom is 0.287 e. The van der Waals surface area contributed by atoms with Gasteiger partial charge in [-0.2, -0.15) is 0 Å². The van der Waals surface area contributed by atoms with E-state index in [-0.39, 0.29) is 0 Å². The predicted octanol–water partition coefficient (Wildman–Crippen LogP) is 2.63. The summed E-state index contributed by atoms with van der Waals surface area (Å²) in [4.78, 5) is 11.7. The van der Waals surface area contributed by atoms with Gasteiger partial charge in [0, 0.05) is 4.47 Å². The van der Waals surface area contributed by atoms with E-state index in [0.717, 1.165) is 11.3 Å². The first-order valence-electron chi connectivity index (χ1n) is 4.07. The number of thiophene rings is 1. The zero-order valence-electron chi connectivity index (χ0n) is 7.77. The van der Waals surface area contributed by atoms with Crippen molar-refractivity contribution in [2.45, 2.75) is 5.92 Å². The highest BCUT2D eigenvalue weighted by Gasteiger charge is 2.28.